The molecule has 0 spiro atoms. The largest absolute Gasteiger partial charge is 0.328 e. The number of rotatable bonds is 4. The van der Waals surface area contributed by atoms with Crippen LogP contribution in [-0.4, -0.2) is 23.5 Å². The van der Waals surface area contributed by atoms with Crippen LogP contribution in [0.4, 0.5) is 0 Å². The van der Waals surface area contributed by atoms with Gasteiger partial charge < -0.3 is 5.73 Å². The summed E-state index contributed by atoms with van der Waals surface area (Å²) in [6.45, 7) is 5.56. The monoisotopic (exact) mass is 280 g/mol. The highest BCUT2D eigenvalue weighted by atomic mass is 35.5. The molecule has 1 aliphatic rings. The maximum atomic E-state index is 6.34. The van der Waals surface area contributed by atoms with Crippen LogP contribution in [0.2, 0.25) is 5.02 Å². The summed E-state index contributed by atoms with van der Waals surface area (Å²) in [5.41, 5.74) is 7.25. The molecule has 0 aromatic heterocycles. The van der Waals surface area contributed by atoms with Gasteiger partial charge in [-0.15, -0.1) is 0 Å². The molecule has 3 heteroatoms. The third kappa shape index (κ3) is 3.50. The molecule has 2 nitrogen and oxygen atoms in total. The van der Waals surface area contributed by atoms with Crippen molar-refractivity contribution in [3.05, 3.63) is 34.9 Å². The minimum Gasteiger partial charge on any atom is -0.328 e. The van der Waals surface area contributed by atoms with E-state index < -0.39 is 0 Å². The van der Waals surface area contributed by atoms with Crippen LogP contribution < -0.4 is 5.73 Å². The minimum atomic E-state index is 0.373. The van der Waals surface area contributed by atoms with Crippen molar-refractivity contribution in [2.24, 2.45) is 5.73 Å². The number of hydrogen-bond donors (Lipinski definition) is 1. The van der Waals surface area contributed by atoms with Crippen LogP contribution in [0.1, 0.15) is 51.1 Å². The molecule has 1 saturated carbocycles. The Hall–Kier alpha value is -0.570. The first-order chi connectivity index (χ1) is 9.13. The van der Waals surface area contributed by atoms with E-state index in [1.165, 1.54) is 18.4 Å². The Kier molecular flexibility index (Phi) is 5.26. The summed E-state index contributed by atoms with van der Waals surface area (Å²) < 4.78 is 0. The lowest BCUT2D eigenvalue weighted by atomic mass is 9.89. The highest BCUT2D eigenvalue weighted by Gasteiger charge is 2.27. The van der Waals surface area contributed by atoms with Crippen LogP contribution in [0.3, 0.4) is 0 Å². The third-order valence-electron chi connectivity index (χ3n) is 4.43. The number of nitrogens with zero attached hydrogens (tertiary/aromatic N) is 1. The van der Waals surface area contributed by atoms with E-state index in [0.717, 1.165) is 24.4 Å². The summed E-state index contributed by atoms with van der Waals surface area (Å²) in [7, 11) is 0. The molecule has 0 bridgehead atoms. The van der Waals surface area contributed by atoms with Gasteiger partial charge in [-0.2, -0.15) is 0 Å². The maximum absolute atomic E-state index is 6.34. The summed E-state index contributed by atoms with van der Waals surface area (Å²) in [4.78, 5) is 2.58. The van der Waals surface area contributed by atoms with Gasteiger partial charge in [0, 0.05) is 23.1 Å². The fourth-order valence-electron chi connectivity index (χ4n) is 3.27. The van der Waals surface area contributed by atoms with Crippen molar-refractivity contribution < 1.29 is 0 Å². The molecule has 106 valence electrons. The normalized spacial score (nSPS) is 25.5. The lowest BCUT2D eigenvalue weighted by Crippen LogP contribution is -2.42. The van der Waals surface area contributed by atoms with E-state index in [4.69, 9.17) is 17.3 Å². The molecule has 2 rings (SSSR count). The second-order valence-electron chi connectivity index (χ2n) is 5.60. The zero-order valence-electron chi connectivity index (χ0n) is 12.0. The highest BCUT2D eigenvalue weighted by molar-refractivity contribution is 6.31. The molecule has 0 aliphatic heterocycles. The highest BCUT2D eigenvalue weighted by Crippen LogP contribution is 2.32. The molecule has 1 aromatic carbocycles. The van der Waals surface area contributed by atoms with Crippen molar-refractivity contribution in [3.8, 4) is 0 Å². The lowest BCUT2D eigenvalue weighted by Gasteiger charge is -2.39. The molecule has 2 N–H and O–H groups in total. The summed E-state index contributed by atoms with van der Waals surface area (Å²) in [6, 6.07) is 9.62. The Morgan fingerprint density at radius 2 is 1.89 bits per heavy atom. The van der Waals surface area contributed by atoms with Crippen LogP contribution in [0.5, 0.6) is 0 Å². The van der Waals surface area contributed by atoms with Gasteiger partial charge in [0.1, 0.15) is 0 Å². The molecule has 1 aliphatic carbocycles. The number of halogens is 1. The van der Waals surface area contributed by atoms with Gasteiger partial charge in [0.25, 0.3) is 0 Å². The lowest BCUT2D eigenvalue weighted by molar-refractivity contribution is 0.114. The van der Waals surface area contributed by atoms with E-state index in [9.17, 15) is 0 Å². The Morgan fingerprint density at radius 3 is 2.47 bits per heavy atom. The zero-order chi connectivity index (χ0) is 13.8. The van der Waals surface area contributed by atoms with Crippen LogP contribution in [0.15, 0.2) is 24.3 Å². The first-order valence-electron chi connectivity index (χ1n) is 7.39. The Labute approximate surface area is 121 Å². The molecule has 1 fully saturated rings. The average Bonchev–Trinajstić information content (AvgIpc) is 2.42. The second kappa shape index (κ2) is 6.74. The molecule has 1 unspecified atom stereocenters. The average molecular weight is 281 g/mol. The molecule has 0 amide bonds. The number of nitrogens with two attached hydrogens (primary N) is 1. The van der Waals surface area contributed by atoms with Crippen molar-refractivity contribution in [2.75, 3.05) is 6.54 Å². The van der Waals surface area contributed by atoms with E-state index in [1.54, 1.807) is 0 Å². The van der Waals surface area contributed by atoms with Gasteiger partial charge in [-0.05, 0) is 50.8 Å². The molecule has 1 aromatic rings. The smallest absolute Gasteiger partial charge is 0.0453 e. The SMILES string of the molecule is CCN(C1CCC(N)CC1)C(C)c1ccccc1Cl. The van der Waals surface area contributed by atoms with Crippen molar-refractivity contribution in [1.29, 1.82) is 0 Å². The predicted molar refractivity (Wildman–Crippen MR) is 82.5 cm³/mol. The van der Waals surface area contributed by atoms with E-state index in [2.05, 4.69) is 30.9 Å². The first kappa shape index (κ1) is 14.8. The van der Waals surface area contributed by atoms with E-state index >= 15 is 0 Å². The summed E-state index contributed by atoms with van der Waals surface area (Å²) in [5.74, 6) is 0. The van der Waals surface area contributed by atoms with Gasteiger partial charge in [0.2, 0.25) is 0 Å². The quantitative estimate of drug-likeness (QED) is 0.903. The fraction of sp³-hybridized carbons (Fsp3) is 0.625. The van der Waals surface area contributed by atoms with Gasteiger partial charge in [-0.25, -0.2) is 0 Å². The Balaban J connectivity index is 2.11. The molecule has 0 radical (unpaired) electrons. The van der Waals surface area contributed by atoms with Crippen LogP contribution in [0, 0.1) is 0 Å². The van der Waals surface area contributed by atoms with Gasteiger partial charge in [0.15, 0.2) is 0 Å². The number of hydrogen-bond acceptors (Lipinski definition) is 2. The summed E-state index contributed by atoms with van der Waals surface area (Å²) in [6.07, 6.45) is 4.72. The van der Waals surface area contributed by atoms with Crippen LogP contribution in [0.25, 0.3) is 0 Å². The summed E-state index contributed by atoms with van der Waals surface area (Å²) >= 11 is 6.34. The Morgan fingerprint density at radius 1 is 1.26 bits per heavy atom. The van der Waals surface area contributed by atoms with E-state index in [0.29, 0.717) is 18.1 Å². The summed E-state index contributed by atoms with van der Waals surface area (Å²) in [5, 5.41) is 0.876. The molecule has 0 saturated heterocycles. The second-order valence-corrected chi connectivity index (χ2v) is 6.00. The van der Waals surface area contributed by atoms with E-state index in [1.807, 2.05) is 12.1 Å². The molecular formula is C16H25ClN2. The first-order valence-corrected chi connectivity index (χ1v) is 7.77. The molecule has 0 heterocycles. The topological polar surface area (TPSA) is 29.3 Å². The van der Waals surface area contributed by atoms with Gasteiger partial charge >= 0.3 is 0 Å². The van der Waals surface area contributed by atoms with Crippen molar-refractivity contribution in [3.63, 3.8) is 0 Å². The van der Waals surface area contributed by atoms with Gasteiger partial charge in [0.05, 0.1) is 0 Å². The van der Waals surface area contributed by atoms with Gasteiger partial charge in [-0.1, -0.05) is 36.7 Å². The minimum absolute atomic E-state index is 0.373. The van der Waals surface area contributed by atoms with Crippen LogP contribution >= 0.6 is 11.6 Å². The maximum Gasteiger partial charge on any atom is 0.0453 e. The molecular weight excluding hydrogens is 256 g/mol. The van der Waals surface area contributed by atoms with Crippen molar-refractivity contribution in [2.45, 2.75) is 57.7 Å². The van der Waals surface area contributed by atoms with Crippen molar-refractivity contribution >= 4 is 11.6 Å². The third-order valence-corrected chi connectivity index (χ3v) is 4.77. The van der Waals surface area contributed by atoms with Gasteiger partial charge in [-0.3, -0.25) is 4.90 Å². The van der Waals surface area contributed by atoms with Crippen molar-refractivity contribution in [1.82, 2.24) is 4.90 Å². The van der Waals surface area contributed by atoms with Crippen LogP contribution in [-0.2, 0) is 0 Å². The van der Waals surface area contributed by atoms with E-state index in [-0.39, 0.29) is 0 Å². The number of benzene rings is 1. The molecule has 19 heavy (non-hydrogen) atoms. The molecule has 1 atom stereocenters. The fourth-order valence-corrected chi connectivity index (χ4v) is 3.57. The zero-order valence-corrected chi connectivity index (χ0v) is 12.7. The standard InChI is InChI=1S/C16H25ClN2/c1-3-19(14-10-8-13(18)9-11-14)12(2)15-6-4-5-7-16(15)17/h4-7,12-14H,3,8-11,18H2,1-2H3. The Bertz CT molecular complexity index is 399. The predicted octanol–water partition coefficient (Wildman–Crippen LogP) is 3.99.